The van der Waals surface area contributed by atoms with E-state index in [0.717, 1.165) is 16.5 Å². The molecule has 2 aliphatic rings. The van der Waals surface area contributed by atoms with Crippen molar-refractivity contribution in [1.29, 1.82) is 0 Å². The molecule has 2 fully saturated rings. The standard InChI is InChI=1S/C16H19N3O/c1-9-2-7-13-12(8-9)15(19-18-13)16(20)17-14(10-3-4-10)11-5-6-11/h2,7-8,10-11,14H,3-6H2,1H3,(H,17,20)(H,18,19). The second-order valence-corrected chi connectivity index (χ2v) is 6.30. The molecule has 2 saturated carbocycles. The number of hydrogen-bond donors (Lipinski definition) is 2. The average molecular weight is 269 g/mol. The van der Waals surface area contributed by atoms with Crippen LogP contribution in [0, 0.1) is 18.8 Å². The van der Waals surface area contributed by atoms with Crippen molar-refractivity contribution in [2.45, 2.75) is 38.6 Å². The first kappa shape index (κ1) is 11.9. The van der Waals surface area contributed by atoms with Crippen LogP contribution in [0.3, 0.4) is 0 Å². The average Bonchev–Trinajstić information content (AvgIpc) is 3.33. The quantitative estimate of drug-likeness (QED) is 0.896. The van der Waals surface area contributed by atoms with Crippen LogP contribution in [0.1, 0.15) is 41.7 Å². The van der Waals surface area contributed by atoms with Gasteiger partial charge in [0.05, 0.1) is 5.52 Å². The summed E-state index contributed by atoms with van der Waals surface area (Å²) in [6, 6.07) is 6.41. The van der Waals surface area contributed by atoms with Crippen molar-refractivity contribution in [2.24, 2.45) is 11.8 Å². The summed E-state index contributed by atoms with van der Waals surface area (Å²) in [5.74, 6) is 1.39. The zero-order valence-corrected chi connectivity index (χ0v) is 11.6. The number of aromatic nitrogens is 2. The van der Waals surface area contributed by atoms with Crippen LogP contribution >= 0.6 is 0 Å². The first-order chi connectivity index (χ1) is 9.72. The third-order valence-electron chi connectivity index (χ3n) is 4.49. The Morgan fingerprint density at radius 3 is 2.65 bits per heavy atom. The molecule has 104 valence electrons. The fourth-order valence-corrected chi connectivity index (χ4v) is 3.05. The lowest BCUT2D eigenvalue weighted by Gasteiger charge is -2.16. The van der Waals surface area contributed by atoms with Gasteiger partial charge in [0.2, 0.25) is 0 Å². The Morgan fingerprint density at radius 2 is 2.00 bits per heavy atom. The lowest BCUT2D eigenvalue weighted by atomic mass is 10.1. The van der Waals surface area contributed by atoms with Gasteiger partial charge >= 0.3 is 0 Å². The van der Waals surface area contributed by atoms with Gasteiger partial charge in [-0.05, 0) is 56.6 Å². The number of hydrogen-bond acceptors (Lipinski definition) is 2. The molecule has 1 heterocycles. The van der Waals surface area contributed by atoms with Gasteiger partial charge in [0.25, 0.3) is 5.91 Å². The molecule has 2 aromatic rings. The predicted molar refractivity (Wildman–Crippen MR) is 77.5 cm³/mol. The van der Waals surface area contributed by atoms with Crippen LogP contribution in [0.5, 0.6) is 0 Å². The first-order valence-electron chi connectivity index (χ1n) is 7.48. The highest BCUT2D eigenvalue weighted by Crippen LogP contribution is 2.44. The SMILES string of the molecule is Cc1ccc2[nH]nc(C(=O)NC(C3CC3)C3CC3)c2c1. The van der Waals surface area contributed by atoms with E-state index in [2.05, 4.69) is 15.5 Å². The van der Waals surface area contributed by atoms with E-state index in [-0.39, 0.29) is 5.91 Å². The number of carbonyl (C=O) groups is 1. The topological polar surface area (TPSA) is 57.8 Å². The van der Waals surface area contributed by atoms with Crippen LogP contribution in [0.25, 0.3) is 10.9 Å². The molecule has 0 unspecified atom stereocenters. The van der Waals surface area contributed by atoms with Crippen LogP contribution in [0.15, 0.2) is 18.2 Å². The third-order valence-corrected chi connectivity index (χ3v) is 4.49. The van der Waals surface area contributed by atoms with Gasteiger partial charge in [-0.2, -0.15) is 5.10 Å². The highest BCUT2D eigenvalue weighted by Gasteiger charge is 2.42. The summed E-state index contributed by atoms with van der Waals surface area (Å²) in [5.41, 5.74) is 2.61. The van der Waals surface area contributed by atoms with Crippen molar-refractivity contribution in [3.63, 3.8) is 0 Å². The molecule has 0 bridgehead atoms. The van der Waals surface area contributed by atoms with Crippen LogP contribution in [-0.4, -0.2) is 22.1 Å². The van der Waals surface area contributed by atoms with Crippen LogP contribution in [0.4, 0.5) is 0 Å². The molecule has 1 amide bonds. The van der Waals surface area contributed by atoms with Crippen molar-refractivity contribution in [3.05, 3.63) is 29.5 Å². The molecule has 4 rings (SSSR count). The Labute approximate surface area is 117 Å². The summed E-state index contributed by atoms with van der Waals surface area (Å²) < 4.78 is 0. The zero-order chi connectivity index (χ0) is 13.7. The van der Waals surface area contributed by atoms with E-state index in [0.29, 0.717) is 23.6 Å². The molecular weight excluding hydrogens is 250 g/mol. The molecule has 4 heteroatoms. The van der Waals surface area contributed by atoms with Crippen LogP contribution in [0.2, 0.25) is 0 Å². The van der Waals surface area contributed by atoms with Gasteiger partial charge in [-0.1, -0.05) is 11.6 Å². The lowest BCUT2D eigenvalue weighted by Crippen LogP contribution is -2.38. The fraction of sp³-hybridized carbons (Fsp3) is 0.500. The van der Waals surface area contributed by atoms with Crippen LogP contribution < -0.4 is 5.32 Å². The summed E-state index contributed by atoms with van der Waals surface area (Å²) in [6.07, 6.45) is 5.06. The molecule has 1 aromatic heterocycles. The van der Waals surface area contributed by atoms with E-state index in [9.17, 15) is 4.79 Å². The van der Waals surface area contributed by atoms with E-state index in [1.165, 1.54) is 25.7 Å². The number of aromatic amines is 1. The number of rotatable bonds is 4. The normalized spacial score (nSPS) is 18.7. The maximum Gasteiger partial charge on any atom is 0.272 e. The van der Waals surface area contributed by atoms with Gasteiger partial charge in [0, 0.05) is 11.4 Å². The van der Waals surface area contributed by atoms with Gasteiger partial charge < -0.3 is 5.32 Å². The van der Waals surface area contributed by atoms with Crippen molar-refractivity contribution >= 4 is 16.8 Å². The van der Waals surface area contributed by atoms with E-state index in [4.69, 9.17) is 0 Å². The van der Waals surface area contributed by atoms with Crippen molar-refractivity contribution < 1.29 is 4.79 Å². The van der Waals surface area contributed by atoms with Crippen LogP contribution in [-0.2, 0) is 0 Å². The fourth-order valence-electron chi connectivity index (χ4n) is 3.05. The molecule has 20 heavy (non-hydrogen) atoms. The Kier molecular flexibility index (Phi) is 2.59. The largest absolute Gasteiger partial charge is 0.347 e. The number of aryl methyl sites for hydroxylation is 1. The van der Waals surface area contributed by atoms with Gasteiger partial charge in [0.1, 0.15) is 0 Å². The van der Waals surface area contributed by atoms with Gasteiger partial charge in [-0.3, -0.25) is 9.89 Å². The smallest absolute Gasteiger partial charge is 0.272 e. The minimum absolute atomic E-state index is 0.0225. The zero-order valence-electron chi connectivity index (χ0n) is 11.6. The second kappa shape index (κ2) is 4.33. The predicted octanol–water partition coefficient (Wildman–Crippen LogP) is 2.79. The highest BCUT2D eigenvalue weighted by atomic mass is 16.2. The van der Waals surface area contributed by atoms with Crippen molar-refractivity contribution in [2.75, 3.05) is 0 Å². The molecule has 4 nitrogen and oxygen atoms in total. The third kappa shape index (κ3) is 2.09. The maximum atomic E-state index is 12.5. The Bertz CT molecular complexity index is 655. The summed E-state index contributed by atoms with van der Waals surface area (Å²) in [5, 5.41) is 11.3. The monoisotopic (exact) mass is 269 g/mol. The molecule has 0 saturated heterocycles. The van der Waals surface area contributed by atoms with E-state index >= 15 is 0 Å². The van der Waals surface area contributed by atoms with Crippen molar-refractivity contribution in [1.82, 2.24) is 15.5 Å². The molecule has 0 aliphatic heterocycles. The lowest BCUT2D eigenvalue weighted by molar-refractivity contribution is 0.0923. The minimum Gasteiger partial charge on any atom is -0.347 e. The molecule has 2 aliphatic carbocycles. The summed E-state index contributed by atoms with van der Waals surface area (Å²) in [6.45, 7) is 2.03. The highest BCUT2D eigenvalue weighted by molar-refractivity contribution is 6.04. The van der Waals surface area contributed by atoms with Crippen molar-refractivity contribution in [3.8, 4) is 0 Å². The molecule has 0 atom stereocenters. The van der Waals surface area contributed by atoms with Gasteiger partial charge in [0.15, 0.2) is 5.69 Å². The molecular formula is C16H19N3O. The maximum absolute atomic E-state index is 12.5. The Morgan fingerprint density at radius 1 is 1.30 bits per heavy atom. The number of nitrogens with zero attached hydrogens (tertiary/aromatic N) is 1. The number of fused-ring (bicyclic) bond motifs is 1. The van der Waals surface area contributed by atoms with E-state index in [1.54, 1.807) is 0 Å². The Hall–Kier alpha value is -1.84. The second-order valence-electron chi connectivity index (χ2n) is 6.30. The molecule has 0 radical (unpaired) electrons. The number of nitrogens with one attached hydrogen (secondary N) is 2. The number of carbonyl (C=O) groups excluding carboxylic acids is 1. The van der Waals surface area contributed by atoms with Gasteiger partial charge in [-0.25, -0.2) is 0 Å². The minimum atomic E-state index is -0.0225. The molecule has 1 aromatic carbocycles. The summed E-state index contributed by atoms with van der Waals surface area (Å²) in [4.78, 5) is 12.5. The number of amides is 1. The van der Waals surface area contributed by atoms with Gasteiger partial charge in [-0.15, -0.1) is 0 Å². The van der Waals surface area contributed by atoms with E-state index in [1.807, 2.05) is 25.1 Å². The molecule has 2 N–H and O–H groups in total. The summed E-state index contributed by atoms with van der Waals surface area (Å²) in [7, 11) is 0. The number of H-pyrrole nitrogens is 1. The first-order valence-corrected chi connectivity index (χ1v) is 7.48. The van der Waals surface area contributed by atoms with E-state index < -0.39 is 0 Å². The number of benzene rings is 1. The molecule has 0 spiro atoms. The Balaban J connectivity index is 1.61. The summed E-state index contributed by atoms with van der Waals surface area (Å²) >= 11 is 0.